The Morgan fingerprint density at radius 1 is 0.800 bits per heavy atom. The molecule has 11 nitrogen and oxygen atoms in total. The summed E-state index contributed by atoms with van der Waals surface area (Å²) < 4.78 is 4.87. The van der Waals surface area contributed by atoms with Gasteiger partial charge in [-0.1, -0.05) is 54.6 Å². The summed E-state index contributed by atoms with van der Waals surface area (Å²) in [4.78, 5) is 46.9. The minimum atomic E-state index is -1.10. The van der Waals surface area contributed by atoms with Gasteiger partial charge in [0.1, 0.15) is 11.8 Å². The standard InChI is InChI=1S/C29H23N3O8/c1-40-29(35)26(14-18-8-10-19(11-9-18)20-4-2-6-23(15-20)31(36)37)30-28(34)25-17-22(12-13-27(25)33)21-5-3-7-24(16-21)32(38)39/h2-13,15-17,26,33H,14H2,1H3,(H,30,34)/t26-/m0/s1. The zero-order valence-electron chi connectivity index (χ0n) is 21.1. The van der Waals surface area contributed by atoms with Gasteiger partial charge in [-0.25, -0.2) is 4.79 Å². The second kappa shape index (κ2) is 11.9. The van der Waals surface area contributed by atoms with Crippen molar-refractivity contribution in [3.8, 4) is 28.0 Å². The van der Waals surface area contributed by atoms with Crippen molar-refractivity contribution in [3.05, 3.63) is 122 Å². The van der Waals surface area contributed by atoms with Gasteiger partial charge in [0.2, 0.25) is 0 Å². The number of carbonyl (C=O) groups is 2. The molecule has 4 aromatic rings. The minimum absolute atomic E-state index is 0.0344. The number of methoxy groups -OCH3 is 1. The molecule has 0 fully saturated rings. The zero-order valence-corrected chi connectivity index (χ0v) is 21.1. The number of hydrogen-bond donors (Lipinski definition) is 2. The van der Waals surface area contributed by atoms with E-state index in [1.165, 1.54) is 55.6 Å². The van der Waals surface area contributed by atoms with E-state index in [4.69, 9.17) is 4.74 Å². The zero-order chi connectivity index (χ0) is 28.8. The van der Waals surface area contributed by atoms with Gasteiger partial charge >= 0.3 is 5.97 Å². The lowest BCUT2D eigenvalue weighted by atomic mass is 9.99. The highest BCUT2D eigenvalue weighted by atomic mass is 16.6. The molecule has 0 heterocycles. The molecule has 4 rings (SSSR count). The van der Waals surface area contributed by atoms with Crippen LogP contribution in [0.3, 0.4) is 0 Å². The maximum absolute atomic E-state index is 13.1. The van der Waals surface area contributed by atoms with Gasteiger partial charge < -0.3 is 15.2 Å². The second-order valence-electron chi connectivity index (χ2n) is 8.80. The number of hydrogen-bond acceptors (Lipinski definition) is 8. The van der Waals surface area contributed by atoms with Gasteiger partial charge in [0.25, 0.3) is 17.3 Å². The number of phenols is 1. The Morgan fingerprint density at radius 3 is 1.88 bits per heavy atom. The fourth-order valence-corrected chi connectivity index (χ4v) is 4.14. The molecule has 2 N–H and O–H groups in total. The first-order chi connectivity index (χ1) is 19.2. The lowest BCUT2D eigenvalue weighted by Gasteiger charge is -2.18. The molecular formula is C29H23N3O8. The first-order valence-corrected chi connectivity index (χ1v) is 12.0. The van der Waals surface area contributed by atoms with Gasteiger partial charge in [-0.05, 0) is 39.9 Å². The second-order valence-corrected chi connectivity index (χ2v) is 8.80. The maximum Gasteiger partial charge on any atom is 0.328 e. The Balaban J connectivity index is 1.54. The predicted octanol–water partition coefficient (Wildman–Crippen LogP) is 5.06. The summed E-state index contributed by atoms with van der Waals surface area (Å²) in [7, 11) is 1.19. The molecule has 0 radical (unpaired) electrons. The van der Waals surface area contributed by atoms with E-state index in [2.05, 4.69) is 5.32 Å². The molecule has 4 aromatic carbocycles. The van der Waals surface area contributed by atoms with Crippen molar-refractivity contribution in [3.63, 3.8) is 0 Å². The Labute approximate surface area is 228 Å². The number of benzene rings is 4. The molecule has 0 spiro atoms. The normalized spacial score (nSPS) is 11.3. The van der Waals surface area contributed by atoms with Crippen LogP contribution < -0.4 is 5.32 Å². The van der Waals surface area contributed by atoms with Crippen LogP contribution in [0.1, 0.15) is 15.9 Å². The molecule has 1 amide bonds. The third-order valence-corrected chi connectivity index (χ3v) is 6.21. The molecule has 0 aliphatic rings. The van der Waals surface area contributed by atoms with Crippen molar-refractivity contribution in [2.45, 2.75) is 12.5 Å². The average Bonchev–Trinajstić information content (AvgIpc) is 2.97. The van der Waals surface area contributed by atoms with Crippen LogP contribution in [0.4, 0.5) is 11.4 Å². The predicted molar refractivity (Wildman–Crippen MR) is 146 cm³/mol. The van der Waals surface area contributed by atoms with E-state index in [0.717, 1.165) is 5.56 Å². The number of nitro groups is 2. The van der Waals surface area contributed by atoms with Crippen molar-refractivity contribution < 1.29 is 29.3 Å². The summed E-state index contributed by atoms with van der Waals surface area (Å²) in [6.07, 6.45) is 0.0684. The molecule has 0 unspecified atom stereocenters. The summed E-state index contributed by atoms with van der Waals surface area (Å²) >= 11 is 0. The number of carbonyl (C=O) groups excluding carboxylic acids is 2. The first kappa shape index (κ1) is 27.5. The molecule has 0 aliphatic carbocycles. The number of ether oxygens (including phenoxy) is 1. The number of esters is 1. The highest BCUT2D eigenvalue weighted by Gasteiger charge is 2.24. The average molecular weight is 542 g/mol. The summed E-state index contributed by atoms with van der Waals surface area (Å²) in [5.41, 5.74) is 2.70. The molecule has 1 atom stereocenters. The summed E-state index contributed by atoms with van der Waals surface area (Å²) in [6.45, 7) is 0. The molecule has 0 aliphatic heterocycles. The van der Waals surface area contributed by atoms with Crippen molar-refractivity contribution in [2.24, 2.45) is 0 Å². The van der Waals surface area contributed by atoms with Crippen LogP contribution >= 0.6 is 0 Å². The molecule has 11 heteroatoms. The largest absolute Gasteiger partial charge is 0.507 e. The molecule has 0 aromatic heterocycles. The van der Waals surface area contributed by atoms with E-state index in [1.807, 2.05) is 0 Å². The van der Waals surface area contributed by atoms with Gasteiger partial charge in [-0.15, -0.1) is 0 Å². The van der Waals surface area contributed by atoms with Crippen molar-refractivity contribution in [1.29, 1.82) is 0 Å². The Kier molecular flexibility index (Phi) is 8.14. The first-order valence-electron chi connectivity index (χ1n) is 12.0. The van der Waals surface area contributed by atoms with Crippen LogP contribution in [-0.4, -0.2) is 40.0 Å². The smallest absolute Gasteiger partial charge is 0.328 e. The van der Waals surface area contributed by atoms with Crippen molar-refractivity contribution in [1.82, 2.24) is 5.32 Å². The fourth-order valence-electron chi connectivity index (χ4n) is 4.14. The summed E-state index contributed by atoms with van der Waals surface area (Å²) in [5, 5.41) is 35.2. The fraction of sp³-hybridized carbons (Fsp3) is 0.103. The molecule has 0 saturated heterocycles. The Bertz CT molecular complexity index is 1600. The van der Waals surface area contributed by atoms with E-state index >= 15 is 0 Å². The lowest BCUT2D eigenvalue weighted by molar-refractivity contribution is -0.385. The monoisotopic (exact) mass is 541 g/mol. The van der Waals surface area contributed by atoms with E-state index in [0.29, 0.717) is 22.3 Å². The Morgan fingerprint density at radius 2 is 1.32 bits per heavy atom. The number of phenolic OH excluding ortho intramolecular Hbond substituents is 1. The number of nitrogens with zero attached hydrogens (tertiary/aromatic N) is 2. The van der Waals surface area contributed by atoms with Crippen molar-refractivity contribution in [2.75, 3.05) is 7.11 Å². The number of non-ortho nitro benzene ring substituents is 2. The molecule has 202 valence electrons. The van der Waals surface area contributed by atoms with Gasteiger partial charge in [0.15, 0.2) is 0 Å². The maximum atomic E-state index is 13.1. The van der Waals surface area contributed by atoms with Crippen LogP contribution in [0.2, 0.25) is 0 Å². The van der Waals surface area contributed by atoms with Crippen LogP contribution in [-0.2, 0) is 16.0 Å². The van der Waals surface area contributed by atoms with Gasteiger partial charge in [0, 0.05) is 30.7 Å². The van der Waals surface area contributed by atoms with E-state index in [1.54, 1.807) is 42.5 Å². The van der Waals surface area contributed by atoms with Crippen LogP contribution in [0.15, 0.2) is 91.0 Å². The van der Waals surface area contributed by atoms with E-state index in [9.17, 15) is 34.9 Å². The minimum Gasteiger partial charge on any atom is -0.507 e. The molecular weight excluding hydrogens is 518 g/mol. The van der Waals surface area contributed by atoms with Crippen LogP contribution in [0.25, 0.3) is 22.3 Å². The highest BCUT2D eigenvalue weighted by molar-refractivity contribution is 6.00. The van der Waals surface area contributed by atoms with Gasteiger partial charge in [-0.3, -0.25) is 25.0 Å². The Hall–Kier alpha value is -5.58. The van der Waals surface area contributed by atoms with Crippen LogP contribution in [0, 0.1) is 20.2 Å². The number of rotatable bonds is 9. The molecule has 0 saturated carbocycles. The van der Waals surface area contributed by atoms with E-state index in [-0.39, 0.29) is 29.1 Å². The highest BCUT2D eigenvalue weighted by Crippen LogP contribution is 2.29. The molecule has 0 bridgehead atoms. The summed E-state index contributed by atoms with van der Waals surface area (Å²) in [5.74, 6) is -1.78. The lowest BCUT2D eigenvalue weighted by Crippen LogP contribution is -2.43. The number of nitro benzene ring substituents is 2. The van der Waals surface area contributed by atoms with Crippen LogP contribution in [0.5, 0.6) is 5.75 Å². The molecule has 40 heavy (non-hydrogen) atoms. The summed E-state index contributed by atoms with van der Waals surface area (Å²) in [6, 6.07) is 22.1. The van der Waals surface area contributed by atoms with Gasteiger partial charge in [0.05, 0.1) is 22.5 Å². The topological polar surface area (TPSA) is 162 Å². The SMILES string of the molecule is COC(=O)[C@H](Cc1ccc(-c2cccc([N+](=O)[O-])c2)cc1)NC(=O)c1cc(-c2cccc([N+](=O)[O-])c2)ccc1O. The number of amides is 1. The van der Waals surface area contributed by atoms with Gasteiger partial charge in [-0.2, -0.15) is 0 Å². The number of nitrogens with one attached hydrogen (secondary N) is 1. The quantitative estimate of drug-likeness (QED) is 0.169. The third kappa shape index (κ3) is 6.27. The number of aromatic hydroxyl groups is 1. The van der Waals surface area contributed by atoms with Crippen molar-refractivity contribution >= 4 is 23.3 Å². The third-order valence-electron chi connectivity index (χ3n) is 6.21. The van der Waals surface area contributed by atoms with E-state index < -0.39 is 27.8 Å².